The SMILES string of the molecule is C=C(C)C(=O)Oc1ccc2cc(C(=O)OCC3=CC=CC3)ccc2c1. The molecule has 0 heterocycles. The van der Waals surface area contributed by atoms with Gasteiger partial charge in [0, 0.05) is 5.57 Å². The van der Waals surface area contributed by atoms with Gasteiger partial charge in [0.05, 0.1) is 5.56 Å². The van der Waals surface area contributed by atoms with Gasteiger partial charge in [-0.3, -0.25) is 0 Å². The lowest BCUT2D eigenvalue weighted by molar-refractivity contribution is -0.130. The fraction of sp³-hybridized carbons (Fsp3) is 0.143. The van der Waals surface area contributed by atoms with Crippen LogP contribution in [-0.2, 0) is 9.53 Å². The maximum Gasteiger partial charge on any atom is 0.338 e. The Balaban J connectivity index is 1.72. The van der Waals surface area contributed by atoms with Crippen molar-refractivity contribution in [1.29, 1.82) is 0 Å². The van der Waals surface area contributed by atoms with Crippen LogP contribution in [0.1, 0.15) is 23.7 Å². The minimum absolute atomic E-state index is 0.305. The molecule has 25 heavy (non-hydrogen) atoms. The maximum atomic E-state index is 12.2. The molecular weight excluding hydrogens is 316 g/mol. The van der Waals surface area contributed by atoms with Gasteiger partial charge in [-0.05, 0) is 54.0 Å². The van der Waals surface area contributed by atoms with Gasteiger partial charge in [0.15, 0.2) is 0 Å². The van der Waals surface area contributed by atoms with Gasteiger partial charge >= 0.3 is 11.9 Å². The topological polar surface area (TPSA) is 52.6 Å². The molecule has 2 aromatic carbocycles. The van der Waals surface area contributed by atoms with Crippen LogP contribution in [0.5, 0.6) is 5.75 Å². The maximum absolute atomic E-state index is 12.2. The summed E-state index contributed by atoms with van der Waals surface area (Å²) in [6.07, 6.45) is 6.77. The van der Waals surface area contributed by atoms with Crippen LogP contribution in [0.3, 0.4) is 0 Å². The molecule has 4 nitrogen and oxygen atoms in total. The van der Waals surface area contributed by atoms with Crippen molar-refractivity contribution < 1.29 is 19.1 Å². The molecule has 3 rings (SSSR count). The van der Waals surface area contributed by atoms with Gasteiger partial charge < -0.3 is 9.47 Å². The lowest BCUT2D eigenvalue weighted by Crippen LogP contribution is -2.08. The molecule has 2 aromatic rings. The van der Waals surface area contributed by atoms with Gasteiger partial charge in [0.25, 0.3) is 0 Å². The molecular formula is C21H18O4. The summed E-state index contributed by atoms with van der Waals surface area (Å²) >= 11 is 0. The summed E-state index contributed by atoms with van der Waals surface area (Å²) in [6.45, 7) is 5.46. The van der Waals surface area contributed by atoms with Crippen LogP contribution < -0.4 is 4.74 Å². The highest BCUT2D eigenvalue weighted by molar-refractivity contribution is 5.96. The fourth-order valence-corrected chi connectivity index (χ4v) is 2.45. The summed E-state index contributed by atoms with van der Waals surface area (Å²) in [6, 6.07) is 10.5. The number of benzene rings is 2. The van der Waals surface area contributed by atoms with Crippen LogP contribution in [0.15, 0.2) is 72.4 Å². The standard InChI is InChI=1S/C21H18O4/c1-14(2)20(22)25-19-10-9-16-11-18(8-7-17(16)12-19)21(23)24-13-15-5-3-4-6-15/h3-5,7-12H,1,6,13H2,2H3. The van der Waals surface area contributed by atoms with E-state index in [1.807, 2.05) is 18.2 Å². The first-order valence-corrected chi connectivity index (χ1v) is 7.96. The molecule has 0 N–H and O–H groups in total. The second kappa shape index (κ2) is 7.18. The van der Waals surface area contributed by atoms with Gasteiger partial charge in [-0.2, -0.15) is 0 Å². The highest BCUT2D eigenvalue weighted by Crippen LogP contribution is 2.23. The number of ether oxygens (including phenoxy) is 2. The molecule has 0 radical (unpaired) electrons. The van der Waals surface area contributed by atoms with E-state index in [9.17, 15) is 9.59 Å². The van der Waals surface area contributed by atoms with Gasteiger partial charge in [-0.25, -0.2) is 9.59 Å². The molecule has 1 aliphatic carbocycles. The van der Waals surface area contributed by atoms with E-state index in [2.05, 4.69) is 6.58 Å². The number of hydrogen-bond acceptors (Lipinski definition) is 4. The zero-order valence-electron chi connectivity index (χ0n) is 14.0. The van der Waals surface area contributed by atoms with E-state index in [-0.39, 0.29) is 5.97 Å². The Bertz CT molecular complexity index is 919. The minimum atomic E-state index is -0.463. The lowest BCUT2D eigenvalue weighted by Gasteiger charge is -2.08. The van der Waals surface area contributed by atoms with E-state index >= 15 is 0 Å². The Morgan fingerprint density at radius 1 is 1.12 bits per heavy atom. The number of rotatable bonds is 5. The Labute approximate surface area is 146 Å². The van der Waals surface area contributed by atoms with Crippen LogP contribution in [0, 0.1) is 0 Å². The Morgan fingerprint density at radius 2 is 1.88 bits per heavy atom. The third-order valence-electron chi connectivity index (χ3n) is 3.84. The first-order valence-electron chi connectivity index (χ1n) is 7.96. The molecule has 0 amide bonds. The van der Waals surface area contributed by atoms with Crippen LogP contribution in [0.2, 0.25) is 0 Å². The summed E-state index contributed by atoms with van der Waals surface area (Å²) in [7, 11) is 0. The molecule has 1 aliphatic rings. The van der Waals surface area contributed by atoms with Crippen molar-refractivity contribution in [3.05, 3.63) is 77.9 Å². The van der Waals surface area contributed by atoms with E-state index in [1.165, 1.54) is 0 Å². The monoisotopic (exact) mass is 334 g/mol. The quantitative estimate of drug-likeness (QED) is 0.463. The first kappa shape index (κ1) is 16.7. The van der Waals surface area contributed by atoms with E-state index in [1.54, 1.807) is 43.3 Å². The number of carbonyl (C=O) groups is 2. The van der Waals surface area contributed by atoms with Crippen molar-refractivity contribution in [2.75, 3.05) is 6.61 Å². The number of fused-ring (bicyclic) bond motifs is 1. The van der Waals surface area contributed by atoms with Crippen molar-refractivity contribution >= 4 is 22.7 Å². The predicted molar refractivity (Wildman–Crippen MR) is 96.5 cm³/mol. The summed E-state index contributed by atoms with van der Waals surface area (Å²) in [5.41, 5.74) is 1.91. The number of carbonyl (C=O) groups excluding carboxylic acids is 2. The normalized spacial score (nSPS) is 12.8. The molecule has 0 aliphatic heterocycles. The van der Waals surface area contributed by atoms with E-state index < -0.39 is 5.97 Å². The van der Waals surface area contributed by atoms with Crippen LogP contribution in [0.25, 0.3) is 10.8 Å². The first-order chi connectivity index (χ1) is 12.0. The predicted octanol–water partition coefficient (Wildman–Crippen LogP) is 4.36. The van der Waals surface area contributed by atoms with Gasteiger partial charge in [-0.1, -0.05) is 36.9 Å². The van der Waals surface area contributed by atoms with Crippen LogP contribution >= 0.6 is 0 Å². The zero-order valence-corrected chi connectivity index (χ0v) is 14.0. The third-order valence-corrected chi connectivity index (χ3v) is 3.84. The highest BCUT2D eigenvalue weighted by atomic mass is 16.5. The molecule has 0 fully saturated rings. The average molecular weight is 334 g/mol. The Hall–Kier alpha value is -3.14. The second-order valence-electron chi connectivity index (χ2n) is 5.93. The number of allylic oxidation sites excluding steroid dienone is 3. The van der Waals surface area contributed by atoms with Crippen molar-refractivity contribution in [3.8, 4) is 5.75 Å². The summed E-state index contributed by atoms with van der Waals surface area (Å²) in [5, 5.41) is 1.73. The van der Waals surface area contributed by atoms with Crippen molar-refractivity contribution in [2.45, 2.75) is 13.3 Å². The summed E-state index contributed by atoms with van der Waals surface area (Å²) in [5.74, 6) is -0.376. The minimum Gasteiger partial charge on any atom is -0.458 e. The third kappa shape index (κ3) is 4.04. The van der Waals surface area contributed by atoms with E-state index in [0.29, 0.717) is 23.5 Å². The van der Waals surface area contributed by atoms with Crippen molar-refractivity contribution in [1.82, 2.24) is 0 Å². The zero-order chi connectivity index (χ0) is 17.8. The number of esters is 2. The van der Waals surface area contributed by atoms with E-state index in [0.717, 1.165) is 22.8 Å². The average Bonchev–Trinajstić information content (AvgIpc) is 3.12. The molecule has 126 valence electrons. The van der Waals surface area contributed by atoms with E-state index in [4.69, 9.17) is 9.47 Å². The molecule has 0 saturated carbocycles. The van der Waals surface area contributed by atoms with Gasteiger partial charge in [0.1, 0.15) is 12.4 Å². The highest BCUT2D eigenvalue weighted by Gasteiger charge is 2.11. The Kier molecular flexibility index (Phi) is 4.80. The number of hydrogen-bond donors (Lipinski definition) is 0. The molecule has 0 atom stereocenters. The second-order valence-corrected chi connectivity index (χ2v) is 5.93. The summed E-state index contributed by atoms with van der Waals surface area (Å²) < 4.78 is 10.6. The van der Waals surface area contributed by atoms with Crippen molar-refractivity contribution in [2.24, 2.45) is 0 Å². The van der Waals surface area contributed by atoms with Crippen LogP contribution in [0.4, 0.5) is 0 Å². The summed E-state index contributed by atoms with van der Waals surface area (Å²) in [4.78, 5) is 23.8. The molecule has 0 bridgehead atoms. The van der Waals surface area contributed by atoms with Gasteiger partial charge in [-0.15, -0.1) is 0 Å². The lowest BCUT2D eigenvalue weighted by atomic mass is 10.1. The Morgan fingerprint density at radius 3 is 2.60 bits per heavy atom. The molecule has 0 spiro atoms. The molecule has 0 saturated heterocycles. The van der Waals surface area contributed by atoms with Crippen molar-refractivity contribution in [3.63, 3.8) is 0 Å². The molecule has 0 unspecified atom stereocenters. The van der Waals surface area contributed by atoms with Gasteiger partial charge in [0.2, 0.25) is 0 Å². The van der Waals surface area contributed by atoms with Crippen LogP contribution in [-0.4, -0.2) is 18.5 Å². The smallest absolute Gasteiger partial charge is 0.338 e. The molecule has 0 aromatic heterocycles. The fourth-order valence-electron chi connectivity index (χ4n) is 2.45. The largest absolute Gasteiger partial charge is 0.458 e. The molecule has 4 heteroatoms.